The van der Waals surface area contributed by atoms with Gasteiger partial charge in [-0.3, -0.25) is 9.59 Å². The fourth-order valence-corrected chi connectivity index (χ4v) is 2.32. The Morgan fingerprint density at radius 1 is 1.41 bits per heavy atom. The van der Waals surface area contributed by atoms with Crippen LogP contribution in [0.2, 0.25) is 0 Å². The molecule has 0 aromatic heterocycles. The molecule has 1 fully saturated rings. The van der Waals surface area contributed by atoms with Crippen LogP contribution in [0.25, 0.3) is 0 Å². The molecule has 0 aromatic rings. The summed E-state index contributed by atoms with van der Waals surface area (Å²) in [6.07, 6.45) is 2.36. The molecule has 5 nitrogen and oxygen atoms in total. The van der Waals surface area contributed by atoms with Gasteiger partial charge in [0.1, 0.15) is 0 Å². The molecule has 1 aliphatic rings. The van der Waals surface area contributed by atoms with Crippen molar-refractivity contribution in [3.05, 3.63) is 0 Å². The summed E-state index contributed by atoms with van der Waals surface area (Å²) < 4.78 is 0. The van der Waals surface area contributed by atoms with E-state index in [-0.39, 0.29) is 18.7 Å². The molecule has 1 aliphatic heterocycles. The lowest BCUT2D eigenvalue weighted by Crippen LogP contribution is -2.40. The molecule has 98 valence electrons. The maximum absolute atomic E-state index is 11.7. The highest BCUT2D eigenvalue weighted by Gasteiger charge is 2.20. The number of aliphatic carboxylic acids is 1. The number of carbonyl (C=O) groups excluding carboxylic acids is 1. The molecule has 1 unspecified atom stereocenters. The monoisotopic (exact) mass is 242 g/mol. The SMILES string of the molecule is CN1CCCC(CN(C)C(=O)CCC(=O)O)C1. The van der Waals surface area contributed by atoms with Crippen molar-refractivity contribution in [2.24, 2.45) is 5.92 Å². The second kappa shape index (κ2) is 6.59. The summed E-state index contributed by atoms with van der Waals surface area (Å²) in [5.41, 5.74) is 0. The van der Waals surface area contributed by atoms with Crippen LogP contribution in [0.1, 0.15) is 25.7 Å². The molecule has 1 saturated heterocycles. The first-order chi connectivity index (χ1) is 7.99. The summed E-state index contributed by atoms with van der Waals surface area (Å²) in [5, 5.41) is 8.52. The molecule has 17 heavy (non-hydrogen) atoms. The van der Waals surface area contributed by atoms with Gasteiger partial charge in [0.05, 0.1) is 6.42 Å². The average molecular weight is 242 g/mol. The summed E-state index contributed by atoms with van der Waals surface area (Å²) in [4.78, 5) is 26.0. The van der Waals surface area contributed by atoms with E-state index in [2.05, 4.69) is 11.9 Å². The lowest BCUT2D eigenvalue weighted by molar-refractivity contribution is -0.140. The minimum Gasteiger partial charge on any atom is -0.481 e. The first kappa shape index (κ1) is 14.0. The Hall–Kier alpha value is -1.10. The zero-order valence-electron chi connectivity index (χ0n) is 10.7. The lowest BCUT2D eigenvalue weighted by Gasteiger charge is -2.32. The van der Waals surface area contributed by atoms with Gasteiger partial charge in [0, 0.05) is 26.6 Å². The van der Waals surface area contributed by atoms with Gasteiger partial charge in [-0.25, -0.2) is 0 Å². The fourth-order valence-electron chi connectivity index (χ4n) is 2.32. The van der Waals surface area contributed by atoms with E-state index in [1.807, 2.05) is 0 Å². The van der Waals surface area contributed by atoms with E-state index in [0.717, 1.165) is 26.1 Å². The molecule has 0 aromatic carbocycles. The largest absolute Gasteiger partial charge is 0.481 e. The summed E-state index contributed by atoms with van der Waals surface area (Å²) in [6.45, 7) is 2.90. The molecule has 1 atom stereocenters. The van der Waals surface area contributed by atoms with Crippen LogP contribution in [-0.4, -0.2) is 60.5 Å². The second-order valence-electron chi connectivity index (χ2n) is 4.94. The van der Waals surface area contributed by atoms with Gasteiger partial charge in [0.25, 0.3) is 0 Å². The standard InChI is InChI=1S/C12H22N2O3/c1-13-7-3-4-10(8-13)9-14(2)11(15)5-6-12(16)17/h10H,3-9H2,1-2H3,(H,16,17). The van der Waals surface area contributed by atoms with Crippen molar-refractivity contribution in [2.75, 3.05) is 33.7 Å². The Bertz CT molecular complexity index is 281. The first-order valence-corrected chi connectivity index (χ1v) is 6.13. The number of hydrogen-bond acceptors (Lipinski definition) is 3. The van der Waals surface area contributed by atoms with Gasteiger partial charge >= 0.3 is 5.97 Å². The van der Waals surface area contributed by atoms with E-state index in [4.69, 9.17) is 5.11 Å². The Labute approximate surface area is 102 Å². The molecular formula is C12H22N2O3. The van der Waals surface area contributed by atoms with Gasteiger partial charge in [-0.1, -0.05) is 0 Å². The zero-order valence-corrected chi connectivity index (χ0v) is 10.7. The van der Waals surface area contributed by atoms with Crippen molar-refractivity contribution >= 4 is 11.9 Å². The normalized spacial score (nSPS) is 21.2. The maximum atomic E-state index is 11.7. The third-order valence-electron chi connectivity index (χ3n) is 3.23. The molecule has 5 heteroatoms. The molecule has 0 spiro atoms. The van der Waals surface area contributed by atoms with Crippen molar-refractivity contribution in [2.45, 2.75) is 25.7 Å². The number of likely N-dealkylation sites (tertiary alicyclic amines) is 1. The van der Waals surface area contributed by atoms with Crippen LogP contribution in [0.5, 0.6) is 0 Å². The van der Waals surface area contributed by atoms with Gasteiger partial charge < -0.3 is 14.9 Å². The van der Waals surface area contributed by atoms with E-state index >= 15 is 0 Å². The van der Waals surface area contributed by atoms with Gasteiger partial charge in [0.15, 0.2) is 0 Å². The number of rotatable bonds is 5. The molecule has 1 heterocycles. The average Bonchev–Trinajstić information content (AvgIpc) is 2.25. The molecule has 0 bridgehead atoms. The summed E-state index contributed by atoms with van der Waals surface area (Å²) in [5.74, 6) is -0.461. The van der Waals surface area contributed by atoms with Crippen LogP contribution in [0.3, 0.4) is 0 Å². The van der Waals surface area contributed by atoms with Crippen LogP contribution < -0.4 is 0 Å². The van der Waals surface area contributed by atoms with E-state index in [1.165, 1.54) is 6.42 Å². The smallest absolute Gasteiger partial charge is 0.303 e. The fraction of sp³-hybridized carbons (Fsp3) is 0.833. The van der Waals surface area contributed by atoms with Crippen LogP contribution in [0.15, 0.2) is 0 Å². The number of nitrogens with zero attached hydrogens (tertiary/aromatic N) is 2. The van der Waals surface area contributed by atoms with E-state index in [9.17, 15) is 9.59 Å². The van der Waals surface area contributed by atoms with Gasteiger partial charge in [-0.05, 0) is 32.4 Å². The number of hydrogen-bond donors (Lipinski definition) is 1. The van der Waals surface area contributed by atoms with Crippen LogP contribution in [0, 0.1) is 5.92 Å². The van der Waals surface area contributed by atoms with Crippen molar-refractivity contribution in [3.63, 3.8) is 0 Å². The quantitative estimate of drug-likeness (QED) is 0.769. The minimum atomic E-state index is -0.913. The molecule has 0 radical (unpaired) electrons. The van der Waals surface area contributed by atoms with Gasteiger partial charge in [0.2, 0.25) is 5.91 Å². The maximum Gasteiger partial charge on any atom is 0.303 e. The predicted octanol–water partition coefficient (Wildman–Crippen LogP) is 0.651. The van der Waals surface area contributed by atoms with E-state index in [1.54, 1.807) is 11.9 Å². The third kappa shape index (κ3) is 5.17. The topological polar surface area (TPSA) is 60.9 Å². The number of piperidine rings is 1. The summed E-state index contributed by atoms with van der Waals surface area (Å²) in [7, 11) is 3.86. The van der Waals surface area contributed by atoms with E-state index < -0.39 is 5.97 Å². The highest BCUT2D eigenvalue weighted by molar-refractivity contribution is 5.80. The van der Waals surface area contributed by atoms with Crippen molar-refractivity contribution in [1.29, 1.82) is 0 Å². The van der Waals surface area contributed by atoms with Gasteiger partial charge in [-0.15, -0.1) is 0 Å². The number of amides is 1. The molecular weight excluding hydrogens is 220 g/mol. The molecule has 0 aliphatic carbocycles. The Kier molecular flexibility index (Phi) is 5.41. The molecule has 1 N–H and O–H groups in total. The van der Waals surface area contributed by atoms with Crippen LogP contribution in [0.4, 0.5) is 0 Å². The van der Waals surface area contributed by atoms with E-state index in [0.29, 0.717) is 5.92 Å². The predicted molar refractivity (Wildman–Crippen MR) is 64.7 cm³/mol. The highest BCUT2D eigenvalue weighted by Crippen LogP contribution is 2.16. The Morgan fingerprint density at radius 2 is 2.12 bits per heavy atom. The van der Waals surface area contributed by atoms with Crippen molar-refractivity contribution < 1.29 is 14.7 Å². The molecule has 0 saturated carbocycles. The second-order valence-corrected chi connectivity index (χ2v) is 4.94. The molecule has 1 rings (SSSR count). The Morgan fingerprint density at radius 3 is 2.71 bits per heavy atom. The highest BCUT2D eigenvalue weighted by atomic mass is 16.4. The van der Waals surface area contributed by atoms with Crippen LogP contribution >= 0.6 is 0 Å². The zero-order chi connectivity index (χ0) is 12.8. The van der Waals surface area contributed by atoms with Crippen LogP contribution in [-0.2, 0) is 9.59 Å². The first-order valence-electron chi connectivity index (χ1n) is 6.13. The van der Waals surface area contributed by atoms with Crippen molar-refractivity contribution in [1.82, 2.24) is 9.80 Å². The van der Waals surface area contributed by atoms with Crippen molar-refractivity contribution in [3.8, 4) is 0 Å². The van der Waals surface area contributed by atoms with Gasteiger partial charge in [-0.2, -0.15) is 0 Å². The minimum absolute atomic E-state index is 0.0689. The Balaban J connectivity index is 2.29. The summed E-state index contributed by atoms with van der Waals surface area (Å²) in [6, 6.07) is 0. The lowest BCUT2D eigenvalue weighted by atomic mass is 9.98. The number of carbonyl (C=O) groups is 2. The number of carboxylic acids is 1. The number of carboxylic acid groups (broad SMARTS) is 1. The molecule has 1 amide bonds. The third-order valence-corrected chi connectivity index (χ3v) is 3.23. The summed E-state index contributed by atoms with van der Waals surface area (Å²) >= 11 is 0.